The Hall–Kier alpha value is -7.84. The zero-order valence-corrected chi connectivity index (χ0v) is 47.0. The van der Waals surface area contributed by atoms with Gasteiger partial charge in [-0.2, -0.15) is 34.0 Å². The summed E-state index contributed by atoms with van der Waals surface area (Å²) in [5.74, 6) is -4.82. The van der Waals surface area contributed by atoms with Crippen molar-refractivity contribution in [3.8, 4) is 0 Å². The lowest BCUT2D eigenvalue weighted by Crippen LogP contribution is -2.58. The van der Waals surface area contributed by atoms with Gasteiger partial charge < -0.3 is 66.3 Å². The maximum absolute atomic E-state index is 14.0. The molecule has 3 atom stereocenters. The van der Waals surface area contributed by atoms with Crippen LogP contribution in [0.1, 0.15) is 77.8 Å². The summed E-state index contributed by atoms with van der Waals surface area (Å²) in [6.07, 6.45) is 0.566. The first-order valence-corrected chi connectivity index (χ1v) is 28.0. The standard InChI is InChI=1S/C55H67N15O6S3.ClH/c56-50(57)65-22-1-19-53(62,43(71)28-34-16-25-77-31-34)47(74)68-40-10-4-37(5-11-40)46(38-6-12-41(13-7-38)69-48(75)54(63,20-2-23-66-51(58)59)44(72)29-35-17-26-78-32-35)39-8-14-42(15-9-39)70-49(76)55(64,21-3-24-67-52(60)61)45(73)30-36-18-27-79-33-36;/h4-18,25-27,31-33,46H,1-3,19-24,28-30,62-64H2,(H,68,74)(H,69,75)(H,70,76)(H4,56,57,65)(H4,58,59,66)(H4,60,61,67);1H/t53-,54-,55-;/m0./s1. The molecule has 6 aromatic rings. The van der Waals surface area contributed by atoms with E-state index in [1.807, 2.05) is 32.3 Å². The van der Waals surface area contributed by atoms with Crippen molar-refractivity contribution in [3.63, 3.8) is 0 Å². The molecule has 0 bridgehead atoms. The molecule has 0 aliphatic heterocycles. The van der Waals surface area contributed by atoms with Crippen molar-refractivity contribution in [3.05, 3.63) is 157 Å². The average Bonchev–Trinajstić information content (AvgIpc) is 4.31. The molecule has 0 saturated carbocycles. The first-order valence-electron chi connectivity index (χ1n) is 25.2. The minimum atomic E-state index is -1.92. The quantitative estimate of drug-likeness (QED) is 0.00963. The van der Waals surface area contributed by atoms with Crippen LogP contribution in [0.15, 0.2) is 123 Å². The second-order valence-electron chi connectivity index (χ2n) is 19.1. The van der Waals surface area contributed by atoms with E-state index in [0.29, 0.717) is 17.1 Å². The van der Waals surface area contributed by atoms with Crippen molar-refractivity contribution < 1.29 is 28.8 Å². The molecule has 3 aromatic carbocycles. The highest BCUT2D eigenvalue weighted by molar-refractivity contribution is 7.08. The summed E-state index contributed by atoms with van der Waals surface area (Å²) < 4.78 is 0. The van der Waals surface area contributed by atoms with Crippen LogP contribution in [0, 0.1) is 16.2 Å². The number of nitrogens with one attached hydrogen (secondary N) is 9. The van der Waals surface area contributed by atoms with Gasteiger partial charge in [0.1, 0.15) is 0 Å². The molecule has 3 aromatic heterocycles. The number of ketones is 3. The van der Waals surface area contributed by atoms with E-state index >= 15 is 0 Å². The molecule has 0 saturated heterocycles. The highest BCUT2D eigenvalue weighted by Crippen LogP contribution is 2.35. The molecule has 0 aliphatic carbocycles. The fourth-order valence-corrected chi connectivity index (χ4v) is 10.7. The van der Waals surface area contributed by atoms with Crippen LogP contribution in [0.4, 0.5) is 17.1 Å². The second kappa shape index (κ2) is 29.4. The number of hydrogen-bond donors (Lipinski definition) is 15. The number of amides is 3. The van der Waals surface area contributed by atoms with Gasteiger partial charge in [0.25, 0.3) is 17.7 Å². The maximum Gasteiger partial charge on any atom is 0.252 e. The topological polar surface area (TPSA) is 402 Å². The first kappa shape index (κ1) is 63.0. The Labute approximate surface area is 481 Å². The Morgan fingerprint density at radius 2 is 0.675 bits per heavy atom. The molecule has 0 aliphatic rings. The normalized spacial score (nSPS) is 13.5. The number of Topliss-reactive ketones (excluding diaryl/α,β-unsaturated/α-hetero) is 3. The van der Waals surface area contributed by atoms with Crippen LogP contribution in [0.2, 0.25) is 0 Å². The van der Waals surface area contributed by atoms with E-state index in [0.717, 1.165) is 33.4 Å². The van der Waals surface area contributed by atoms with E-state index in [4.69, 9.17) is 50.6 Å². The number of carbonyl (C=O) groups excluding carboxylic acids is 6. The maximum atomic E-state index is 14.0. The molecule has 0 unspecified atom stereocenters. The van der Waals surface area contributed by atoms with E-state index < -0.39 is 57.6 Å². The van der Waals surface area contributed by atoms with Crippen molar-refractivity contribution in [2.24, 2.45) is 34.4 Å². The number of guanidine groups is 3. The smallest absolute Gasteiger partial charge is 0.252 e. The molecule has 0 radical (unpaired) electrons. The van der Waals surface area contributed by atoms with Gasteiger partial charge in [0.15, 0.2) is 51.8 Å². The molecule has 3 amide bonds. The molecular weight excluding hydrogens is 1100 g/mol. The number of halogens is 1. The van der Waals surface area contributed by atoms with Crippen LogP contribution in [-0.2, 0) is 48.0 Å². The Morgan fingerprint density at radius 3 is 0.887 bits per heavy atom. The van der Waals surface area contributed by atoms with Gasteiger partial charge in [0.2, 0.25) is 0 Å². The van der Waals surface area contributed by atoms with Gasteiger partial charge in [-0.25, -0.2) is 0 Å². The highest BCUT2D eigenvalue weighted by Gasteiger charge is 2.43. The summed E-state index contributed by atoms with van der Waals surface area (Å²) in [4.78, 5) is 83.4. The fraction of sp³-hybridized carbons (Fsp3) is 0.291. The van der Waals surface area contributed by atoms with Crippen molar-refractivity contribution in [2.75, 3.05) is 35.6 Å². The second-order valence-corrected chi connectivity index (χ2v) is 21.4. The van der Waals surface area contributed by atoms with Crippen LogP contribution in [0.25, 0.3) is 0 Å². The summed E-state index contributed by atoms with van der Waals surface area (Å²) in [6, 6.07) is 26.3. The van der Waals surface area contributed by atoms with Gasteiger partial charge in [0, 0.05) is 61.9 Å². The third kappa shape index (κ3) is 17.3. The van der Waals surface area contributed by atoms with Crippen molar-refractivity contribution in [2.45, 2.75) is 80.3 Å². The predicted octanol–water partition coefficient (Wildman–Crippen LogP) is 4.61. The van der Waals surface area contributed by atoms with Crippen LogP contribution in [0.3, 0.4) is 0 Å². The summed E-state index contributed by atoms with van der Waals surface area (Å²) in [7, 11) is 0. The molecule has 80 heavy (non-hydrogen) atoms. The fourth-order valence-electron chi connectivity index (χ4n) is 8.70. The van der Waals surface area contributed by atoms with Crippen LogP contribution >= 0.6 is 46.4 Å². The molecule has 25 heteroatoms. The molecule has 3 heterocycles. The lowest BCUT2D eigenvalue weighted by Gasteiger charge is -2.28. The minimum absolute atomic E-state index is 0. The number of rotatable bonds is 30. The van der Waals surface area contributed by atoms with Crippen molar-refractivity contribution in [1.82, 2.24) is 16.0 Å². The molecule has 0 fully saturated rings. The summed E-state index contributed by atoms with van der Waals surface area (Å²) in [5.41, 5.74) is 36.2. The van der Waals surface area contributed by atoms with Gasteiger partial charge in [-0.05, 0) is 159 Å². The van der Waals surface area contributed by atoms with Gasteiger partial charge in [-0.3, -0.25) is 45.0 Å². The minimum Gasteiger partial charge on any atom is -0.370 e. The Morgan fingerprint density at radius 1 is 0.425 bits per heavy atom. The predicted molar refractivity (Wildman–Crippen MR) is 321 cm³/mol. The highest BCUT2D eigenvalue weighted by atomic mass is 35.5. The molecular formula is C55H68ClN15O6S3. The third-order valence-corrected chi connectivity index (χ3v) is 15.4. The lowest BCUT2D eigenvalue weighted by atomic mass is 9.84. The number of anilines is 3. The van der Waals surface area contributed by atoms with Crippen molar-refractivity contribution in [1.29, 1.82) is 16.2 Å². The molecule has 6 rings (SSSR count). The van der Waals surface area contributed by atoms with Crippen LogP contribution in [-0.4, -0.2) is 89.2 Å². The van der Waals surface area contributed by atoms with Gasteiger partial charge in [-0.1, -0.05) is 36.4 Å². The number of carbonyl (C=O) groups is 6. The Bertz CT molecular complexity index is 2750. The lowest BCUT2D eigenvalue weighted by molar-refractivity contribution is -0.134. The largest absolute Gasteiger partial charge is 0.370 e. The number of benzene rings is 3. The molecule has 0 spiro atoms. The van der Waals surface area contributed by atoms with Gasteiger partial charge in [-0.15, -0.1) is 12.4 Å². The molecule has 21 nitrogen and oxygen atoms in total. The first-order chi connectivity index (χ1) is 37.7. The van der Waals surface area contributed by atoms with Crippen LogP contribution < -0.4 is 66.3 Å². The van der Waals surface area contributed by atoms with E-state index in [1.54, 1.807) is 91.0 Å². The molecule has 424 valence electrons. The Kier molecular flexibility index (Phi) is 23.1. The third-order valence-electron chi connectivity index (χ3n) is 13.2. The molecule has 21 N–H and O–H groups in total. The summed E-state index contributed by atoms with van der Waals surface area (Å²) in [5, 5.41) is 50.0. The van der Waals surface area contributed by atoms with E-state index in [1.165, 1.54) is 34.0 Å². The van der Waals surface area contributed by atoms with E-state index in [2.05, 4.69) is 31.9 Å². The zero-order valence-electron chi connectivity index (χ0n) is 43.7. The Balaban J connectivity index is 0.0000118. The van der Waals surface area contributed by atoms with E-state index in [9.17, 15) is 28.8 Å². The van der Waals surface area contributed by atoms with Crippen LogP contribution in [0.5, 0.6) is 0 Å². The monoisotopic (exact) mass is 1170 g/mol. The SMILES string of the molecule is Cl.N=C(N)NCCC[C@](N)(C(=O)Cc1ccsc1)C(=O)Nc1ccc(C(c2ccc(NC(=O)[C@](N)(CCCNC(=N)N)C(=O)Cc3ccsc3)cc2)c2ccc(NC(=O)[C@](N)(CCCNC(=N)N)C(=O)Cc3ccsc3)cc2)cc1. The van der Waals surface area contributed by atoms with Crippen molar-refractivity contribution >= 4 is 116 Å². The van der Waals surface area contributed by atoms with E-state index in [-0.39, 0.29) is 108 Å². The van der Waals surface area contributed by atoms with Gasteiger partial charge >= 0.3 is 0 Å². The number of hydrogen-bond acceptors (Lipinski definition) is 15. The summed E-state index contributed by atoms with van der Waals surface area (Å²) in [6.45, 7) is 0.664. The number of thiophene rings is 3. The number of nitrogens with two attached hydrogens (primary N) is 6. The zero-order chi connectivity index (χ0) is 57.2. The summed E-state index contributed by atoms with van der Waals surface area (Å²) >= 11 is 4.26. The van der Waals surface area contributed by atoms with Gasteiger partial charge in [0.05, 0.1) is 0 Å². The average molecular weight is 1170 g/mol.